The van der Waals surface area contributed by atoms with Crippen LogP contribution in [0.25, 0.3) is 16.8 Å². The maximum Gasteiger partial charge on any atom is 0.276 e. The van der Waals surface area contributed by atoms with Crippen molar-refractivity contribution in [2.75, 3.05) is 0 Å². The van der Waals surface area contributed by atoms with Crippen molar-refractivity contribution in [3.63, 3.8) is 0 Å². The van der Waals surface area contributed by atoms with Crippen LogP contribution in [0.2, 0.25) is 5.02 Å². The summed E-state index contributed by atoms with van der Waals surface area (Å²) in [5.41, 5.74) is 2.01. The van der Waals surface area contributed by atoms with Crippen LogP contribution in [0.5, 0.6) is 0 Å². The number of benzene rings is 2. The zero-order chi connectivity index (χ0) is 19.0. The van der Waals surface area contributed by atoms with Crippen LogP contribution in [0.4, 0.5) is 4.39 Å². The van der Waals surface area contributed by atoms with Crippen LogP contribution in [0, 0.1) is 5.82 Å². The average molecular weight is 384 g/mol. The zero-order valence-corrected chi connectivity index (χ0v) is 14.8. The van der Waals surface area contributed by atoms with E-state index in [1.54, 1.807) is 54.9 Å². The largest absolute Gasteiger partial charge is 0.387 e. The molecular weight excluding hydrogens is 369 g/mol. The van der Waals surface area contributed by atoms with Gasteiger partial charge in [0, 0.05) is 23.0 Å². The second kappa shape index (κ2) is 6.98. The highest BCUT2D eigenvalue weighted by Crippen LogP contribution is 2.20. The Labute approximate surface area is 158 Å². The number of aromatic nitrogens is 3. The highest BCUT2D eigenvalue weighted by molar-refractivity contribution is 6.30. The highest BCUT2D eigenvalue weighted by atomic mass is 35.5. The Morgan fingerprint density at radius 1 is 1.11 bits per heavy atom. The molecule has 2 heterocycles. The lowest BCUT2D eigenvalue weighted by Crippen LogP contribution is -2.24. The first-order chi connectivity index (χ1) is 13.0. The Hall–Kier alpha value is -2.96. The third-order valence-corrected chi connectivity index (χ3v) is 4.58. The average Bonchev–Trinajstić information content (AvgIpc) is 3.10. The van der Waals surface area contributed by atoms with Gasteiger partial charge in [-0.15, -0.1) is 0 Å². The zero-order valence-electron chi connectivity index (χ0n) is 14.1. The van der Waals surface area contributed by atoms with Gasteiger partial charge >= 0.3 is 0 Å². The minimum atomic E-state index is -0.872. The van der Waals surface area contributed by atoms with Crippen molar-refractivity contribution in [3.8, 4) is 11.3 Å². The molecule has 2 aromatic heterocycles. The van der Waals surface area contributed by atoms with Crippen LogP contribution in [0.15, 0.2) is 71.8 Å². The Morgan fingerprint density at radius 2 is 1.89 bits per heavy atom. The van der Waals surface area contributed by atoms with Crippen molar-refractivity contribution in [2.24, 2.45) is 0 Å². The minimum absolute atomic E-state index is 0.0900. The predicted octanol–water partition coefficient (Wildman–Crippen LogP) is 3.69. The molecule has 27 heavy (non-hydrogen) atoms. The first kappa shape index (κ1) is 17.5. The van der Waals surface area contributed by atoms with Gasteiger partial charge in [-0.3, -0.25) is 4.79 Å². The van der Waals surface area contributed by atoms with Crippen molar-refractivity contribution in [3.05, 3.63) is 93.7 Å². The number of fused-ring (bicyclic) bond motifs is 1. The molecule has 0 aliphatic rings. The van der Waals surface area contributed by atoms with Crippen molar-refractivity contribution in [1.29, 1.82) is 0 Å². The molecule has 0 spiro atoms. The van der Waals surface area contributed by atoms with E-state index in [9.17, 15) is 14.3 Å². The van der Waals surface area contributed by atoms with Gasteiger partial charge in [0.05, 0.1) is 18.3 Å². The number of hydrogen-bond donors (Lipinski definition) is 1. The van der Waals surface area contributed by atoms with E-state index in [1.165, 1.54) is 21.2 Å². The van der Waals surface area contributed by atoms with Gasteiger partial charge in [-0.25, -0.2) is 8.91 Å². The summed E-state index contributed by atoms with van der Waals surface area (Å²) in [5.74, 6) is -0.333. The molecule has 4 aromatic rings. The summed E-state index contributed by atoms with van der Waals surface area (Å²) in [6, 6.07) is 14.5. The highest BCUT2D eigenvalue weighted by Gasteiger charge is 2.13. The van der Waals surface area contributed by atoms with Crippen molar-refractivity contribution in [2.45, 2.75) is 12.6 Å². The van der Waals surface area contributed by atoms with Gasteiger partial charge in [0.1, 0.15) is 11.3 Å². The fourth-order valence-corrected chi connectivity index (χ4v) is 3.14. The SMILES string of the molecule is O=c1c2cc(-c3ccc(F)cc3)nn2ccn1C[C@H](O)c1cccc(Cl)c1. The standard InChI is InChI=1S/C20H15ClFN3O2/c21-15-3-1-2-14(10-15)19(26)12-24-8-9-25-18(20(24)27)11-17(23-25)13-4-6-16(22)7-5-13/h1-11,19,26H,12H2/t19-/m0/s1. The lowest BCUT2D eigenvalue weighted by Gasteiger charge is -2.13. The van der Waals surface area contributed by atoms with E-state index >= 15 is 0 Å². The fraction of sp³-hybridized carbons (Fsp3) is 0.100. The molecule has 0 fully saturated rings. The molecule has 0 aliphatic carbocycles. The van der Waals surface area contributed by atoms with Crippen LogP contribution >= 0.6 is 11.6 Å². The Balaban J connectivity index is 1.68. The molecule has 7 heteroatoms. The van der Waals surface area contributed by atoms with E-state index < -0.39 is 6.10 Å². The fourth-order valence-electron chi connectivity index (χ4n) is 2.94. The summed E-state index contributed by atoms with van der Waals surface area (Å²) in [4.78, 5) is 12.8. The Kier molecular flexibility index (Phi) is 4.51. The van der Waals surface area contributed by atoms with Crippen molar-refractivity contribution >= 4 is 17.1 Å². The quantitative estimate of drug-likeness (QED) is 0.584. The second-order valence-corrected chi connectivity index (χ2v) is 6.63. The minimum Gasteiger partial charge on any atom is -0.387 e. The maximum absolute atomic E-state index is 13.1. The summed E-state index contributed by atoms with van der Waals surface area (Å²) < 4.78 is 16.0. The molecule has 5 nitrogen and oxygen atoms in total. The topological polar surface area (TPSA) is 59.5 Å². The van der Waals surface area contributed by atoms with Crippen LogP contribution in [0.3, 0.4) is 0 Å². The third-order valence-electron chi connectivity index (χ3n) is 4.35. The lowest BCUT2D eigenvalue weighted by molar-refractivity contribution is 0.155. The molecular formula is C20H15ClFN3O2. The number of nitrogens with zero attached hydrogens (tertiary/aromatic N) is 3. The van der Waals surface area contributed by atoms with Crippen LogP contribution in [-0.2, 0) is 6.54 Å². The monoisotopic (exact) mass is 383 g/mol. The van der Waals surface area contributed by atoms with Gasteiger partial charge in [0.15, 0.2) is 0 Å². The third kappa shape index (κ3) is 3.49. The first-order valence-corrected chi connectivity index (χ1v) is 8.67. The van der Waals surface area contributed by atoms with E-state index in [1.807, 2.05) is 0 Å². The predicted molar refractivity (Wildman–Crippen MR) is 101 cm³/mol. The summed E-state index contributed by atoms with van der Waals surface area (Å²) >= 11 is 5.96. The number of aliphatic hydroxyl groups is 1. The molecule has 136 valence electrons. The van der Waals surface area contributed by atoms with Gasteiger partial charge in [-0.2, -0.15) is 5.10 Å². The van der Waals surface area contributed by atoms with Crippen molar-refractivity contribution < 1.29 is 9.50 Å². The molecule has 1 atom stereocenters. The van der Waals surface area contributed by atoms with E-state index in [0.717, 1.165) is 0 Å². The second-order valence-electron chi connectivity index (χ2n) is 6.19. The van der Waals surface area contributed by atoms with E-state index in [2.05, 4.69) is 5.10 Å². The van der Waals surface area contributed by atoms with E-state index in [-0.39, 0.29) is 17.9 Å². The molecule has 0 bridgehead atoms. The van der Waals surface area contributed by atoms with E-state index in [0.29, 0.717) is 27.4 Å². The van der Waals surface area contributed by atoms with Crippen LogP contribution in [0.1, 0.15) is 11.7 Å². The van der Waals surface area contributed by atoms with Gasteiger partial charge < -0.3 is 9.67 Å². The molecule has 0 unspecified atom stereocenters. The Morgan fingerprint density at radius 3 is 2.63 bits per heavy atom. The molecule has 0 amide bonds. The van der Waals surface area contributed by atoms with Crippen LogP contribution in [-0.4, -0.2) is 19.3 Å². The summed E-state index contributed by atoms with van der Waals surface area (Å²) in [7, 11) is 0. The lowest BCUT2D eigenvalue weighted by atomic mass is 10.1. The molecule has 4 rings (SSSR count). The van der Waals surface area contributed by atoms with Gasteiger partial charge in [-0.05, 0) is 48.0 Å². The molecule has 2 aromatic carbocycles. The Bertz CT molecular complexity index is 1170. The first-order valence-electron chi connectivity index (χ1n) is 8.29. The molecule has 0 saturated carbocycles. The van der Waals surface area contributed by atoms with Gasteiger partial charge in [0.2, 0.25) is 0 Å². The summed E-state index contributed by atoms with van der Waals surface area (Å²) in [6.45, 7) is 0.0900. The smallest absolute Gasteiger partial charge is 0.276 e. The molecule has 0 saturated heterocycles. The van der Waals surface area contributed by atoms with Gasteiger partial charge in [-0.1, -0.05) is 23.7 Å². The number of aliphatic hydroxyl groups excluding tert-OH is 1. The summed E-state index contributed by atoms with van der Waals surface area (Å²) in [5, 5.41) is 15.3. The van der Waals surface area contributed by atoms with E-state index in [4.69, 9.17) is 11.6 Å². The number of hydrogen-bond acceptors (Lipinski definition) is 3. The maximum atomic E-state index is 13.1. The summed E-state index contributed by atoms with van der Waals surface area (Å²) in [6.07, 6.45) is 2.35. The van der Waals surface area contributed by atoms with Crippen molar-refractivity contribution in [1.82, 2.24) is 14.2 Å². The molecule has 0 aliphatic heterocycles. The normalized spacial score (nSPS) is 12.4. The number of halogens is 2. The number of rotatable bonds is 4. The molecule has 1 N–H and O–H groups in total. The molecule has 0 radical (unpaired) electrons. The van der Waals surface area contributed by atoms with Gasteiger partial charge in [0.25, 0.3) is 5.56 Å². The van der Waals surface area contributed by atoms with Crippen LogP contribution < -0.4 is 5.56 Å².